The third-order valence-corrected chi connectivity index (χ3v) is 4.35. The molecule has 1 saturated heterocycles. The van der Waals surface area contributed by atoms with Gasteiger partial charge in [-0.1, -0.05) is 36.4 Å². The Labute approximate surface area is 150 Å². The highest BCUT2D eigenvalue weighted by atomic mass is 19.4. The van der Waals surface area contributed by atoms with E-state index in [0.717, 1.165) is 17.7 Å². The number of nitrogens with zero attached hydrogens (tertiary/aromatic N) is 2. The quantitative estimate of drug-likeness (QED) is 0.771. The Bertz CT molecular complexity index is 779. The van der Waals surface area contributed by atoms with E-state index in [1.807, 2.05) is 35.2 Å². The first-order valence-electron chi connectivity index (χ1n) is 8.38. The Balaban J connectivity index is 1.59. The third kappa shape index (κ3) is 4.45. The molecule has 1 heterocycles. The predicted octanol–water partition coefficient (Wildman–Crippen LogP) is 4.07. The molecule has 0 bridgehead atoms. The number of piperazine rings is 1. The molecule has 3 rings (SSSR count). The van der Waals surface area contributed by atoms with Gasteiger partial charge in [0, 0.05) is 37.9 Å². The van der Waals surface area contributed by atoms with Crippen LogP contribution in [0.25, 0.3) is 6.08 Å². The van der Waals surface area contributed by atoms with Crippen LogP contribution in [-0.2, 0) is 11.0 Å². The second-order valence-corrected chi connectivity index (χ2v) is 6.10. The van der Waals surface area contributed by atoms with Gasteiger partial charge in [-0.05, 0) is 29.8 Å². The van der Waals surface area contributed by atoms with Crippen molar-refractivity contribution in [3.8, 4) is 0 Å². The summed E-state index contributed by atoms with van der Waals surface area (Å²) in [6, 6.07) is 14.8. The monoisotopic (exact) mass is 360 g/mol. The summed E-state index contributed by atoms with van der Waals surface area (Å²) >= 11 is 0. The number of alkyl halides is 3. The molecule has 0 saturated carbocycles. The van der Waals surface area contributed by atoms with Crippen LogP contribution in [0.3, 0.4) is 0 Å². The smallest absolute Gasteiger partial charge is 0.368 e. The van der Waals surface area contributed by atoms with Gasteiger partial charge in [0.25, 0.3) is 0 Å². The Morgan fingerprint density at radius 1 is 0.923 bits per heavy atom. The largest absolute Gasteiger partial charge is 0.416 e. The molecule has 0 spiro atoms. The van der Waals surface area contributed by atoms with Crippen molar-refractivity contribution < 1.29 is 18.0 Å². The highest BCUT2D eigenvalue weighted by molar-refractivity contribution is 5.92. The summed E-state index contributed by atoms with van der Waals surface area (Å²) in [6.07, 6.45) is -1.05. The molecule has 0 atom stereocenters. The van der Waals surface area contributed by atoms with E-state index in [1.165, 1.54) is 12.1 Å². The third-order valence-electron chi connectivity index (χ3n) is 4.35. The first-order valence-corrected chi connectivity index (χ1v) is 8.38. The minimum atomic E-state index is -4.35. The average molecular weight is 360 g/mol. The van der Waals surface area contributed by atoms with Crippen molar-refractivity contribution in [1.29, 1.82) is 0 Å². The van der Waals surface area contributed by atoms with E-state index in [9.17, 15) is 18.0 Å². The van der Waals surface area contributed by atoms with Crippen molar-refractivity contribution >= 4 is 17.7 Å². The van der Waals surface area contributed by atoms with E-state index < -0.39 is 11.7 Å². The summed E-state index contributed by atoms with van der Waals surface area (Å²) in [4.78, 5) is 15.9. The van der Waals surface area contributed by atoms with Gasteiger partial charge < -0.3 is 9.80 Å². The lowest BCUT2D eigenvalue weighted by atomic mass is 10.1. The van der Waals surface area contributed by atoms with E-state index in [0.29, 0.717) is 31.9 Å². The van der Waals surface area contributed by atoms with Crippen LogP contribution in [0, 0.1) is 0 Å². The zero-order valence-corrected chi connectivity index (χ0v) is 14.1. The van der Waals surface area contributed by atoms with Gasteiger partial charge in [-0.3, -0.25) is 4.79 Å². The fourth-order valence-corrected chi connectivity index (χ4v) is 2.90. The van der Waals surface area contributed by atoms with Gasteiger partial charge in [-0.25, -0.2) is 0 Å². The van der Waals surface area contributed by atoms with Crippen molar-refractivity contribution in [2.75, 3.05) is 31.1 Å². The Morgan fingerprint density at radius 2 is 1.62 bits per heavy atom. The van der Waals surface area contributed by atoms with Crippen molar-refractivity contribution in [3.63, 3.8) is 0 Å². The molecular weight excluding hydrogens is 341 g/mol. The second kappa shape index (κ2) is 7.64. The zero-order chi connectivity index (χ0) is 18.6. The maximum Gasteiger partial charge on any atom is 0.416 e. The van der Waals surface area contributed by atoms with E-state index >= 15 is 0 Å². The fraction of sp³-hybridized carbons (Fsp3) is 0.250. The number of anilines is 1. The molecule has 1 aliphatic heterocycles. The minimum Gasteiger partial charge on any atom is -0.368 e. The first-order chi connectivity index (χ1) is 12.4. The van der Waals surface area contributed by atoms with Crippen molar-refractivity contribution in [2.45, 2.75) is 6.18 Å². The van der Waals surface area contributed by atoms with Gasteiger partial charge in [0.15, 0.2) is 0 Å². The molecule has 0 N–H and O–H groups in total. The van der Waals surface area contributed by atoms with Crippen molar-refractivity contribution in [1.82, 2.24) is 4.90 Å². The summed E-state index contributed by atoms with van der Waals surface area (Å²) in [5, 5.41) is 0. The molecule has 3 nitrogen and oxygen atoms in total. The Hall–Kier alpha value is -2.76. The van der Waals surface area contributed by atoms with Gasteiger partial charge in [0.05, 0.1) is 5.56 Å². The molecule has 1 aliphatic rings. The Kier molecular flexibility index (Phi) is 5.30. The molecule has 1 fully saturated rings. The first kappa shape index (κ1) is 18.0. The lowest BCUT2D eigenvalue weighted by Gasteiger charge is -2.35. The lowest BCUT2D eigenvalue weighted by Crippen LogP contribution is -2.48. The number of halogens is 3. The van der Waals surface area contributed by atoms with Gasteiger partial charge in [0.1, 0.15) is 0 Å². The van der Waals surface area contributed by atoms with Crippen LogP contribution >= 0.6 is 0 Å². The summed E-state index contributed by atoms with van der Waals surface area (Å²) in [5.74, 6) is -0.0856. The van der Waals surface area contributed by atoms with Crippen LogP contribution in [0.1, 0.15) is 11.1 Å². The molecule has 0 aromatic heterocycles. The predicted molar refractivity (Wildman–Crippen MR) is 95.7 cm³/mol. The molecule has 0 unspecified atom stereocenters. The standard InChI is InChI=1S/C20H19F3N2O/c21-20(22,23)17-7-4-8-18(15-17)24-11-13-25(14-12-24)19(26)10-9-16-5-2-1-3-6-16/h1-10,15H,11-14H2. The Morgan fingerprint density at radius 3 is 2.27 bits per heavy atom. The SMILES string of the molecule is O=C(C=Cc1ccccc1)N1CCN(c2cccc(C(F)(F)F)c2)CC1. The summed E-state index contributed by atoms with van der Waals surface area (Å²) in [6.45, 7) is 1.97. The summed E-state index contributed by atoms with van der Waals surface area (Å²) in [5.41, 5.74) is 0.828. The molecular formula is C20H19F3N2O. The molecule has 2 aromatic carbocycles. The number of benzene rings is 2. The highest BCUT2D eigenvalue weighted by Gasteiger charge is 2.31. The number of rotatable bonds is 3. The summed E-state index contributed by atoms with van der Waals surface area (Å²) < 4.78 is 38.5. The van der Waals surface area contributed by atoms with Crippen LogP contribution < -0.4 is 4.90 Å². The molecule has 26 heavy (non-hydrogen) atoms. The van der Waals surface area contributed by atoms with Gasteiger partial charge >= 0.3 is 6.18 Å². The minimum absolute atomic E-state index is 0.0856. The van der Waals surface area contributed by atoms with Crippen molar-refractivity contribution in [3.05, 3.63) is 71.8 Å². The maximum absolute atomic E-state index is 12.8. The van der Waals surface area contributed by atoms with Gasteiger partial charge in [-0.15, -0.1) is 0 Å². The number of carbonyl (C=O) groups is 1. The molecule has 136 valence electrons. The molecule has 1 amide bonds. The van der Waals surface area contributed by atoms with Gasteiger partial charge in [-0.2, -0.15) is 13.2 Å². The van der Waals surface area contributed by atoms with Crippen molar-refractivity contribution in [2.24, 2.45) is 0 Å². The molecule has 6 heteroatoms. The van der Waals surface area contributed by atoms with Gasteiger partial charge in [0.2, 0.25) is 5.91 Å². The normalized spacial score (nSPS) is 15.5. The molecule has 0 aliphatic carbocycles. The fourth-order valence-electron chi connectivity index (χ4n) is 2.90. The van der Waals surface area contributed by atoms with E-state index in [4.69, 9.17) is 0 Å². The zero-order valence-electron chi connectivity index (χ0n) is 14.1. The topological polar surface area (TPSA) is 23.6 Å². The van der Waals surface area contributed by atoms with E-state index in [1.54, 1.807) is 17.0 Å². The number of hydrogen-bond donors (Lipinski definition) is 0. The lowest BCUT2D eigenvalue weighted by molar-refractivity contribution is -0.137. The van der Waals surface area contributed by atoms with Crippen LogP contribution in [0.4, 0.5) is 18.9 Å². The molecule has 0 radical (unpaired) electrons. The van der Waals surface area contributed by atoms with Crippen LogP contribution in [0.15, 0.2) is 60.7 Å². The van der Waals surface area contributed by atoms with Crippen LogP contribution in [0.2, 0.25) is 0 Å². The second-order valence-electron chi connectivity index (χ2n) is 6.10. The van der Waals surface area contributed by atoms with E-state index in [2.05, 4.69) is 0 Å². The van der Waals surface area contributed by atoms with Crippen LogP contribution in [0.5, 0.6) is 0 Å². The maximum atomic E-state index is 12.8. The summed E-state index contributed by atoms with van der Waals surface area (Å²) in [7, 11) is 0. The number of amides is 1. The number of carbonyl (C=O) groups excluding carboxylic acids is 1. The molecule has 2 aromatic rings. The van der Waals surface area contributed by atoms with E-state index in [-0.39, 0.29) is 5.91 Å². The van der Waals surface area contributed by atoms with Crippen LogP contribution in [-0.4, -0.2) is 37.0 Å². The average Bonchev–Trinajstić information content (AvgIpc) is 2.66. The number of hydrogen-bond acceptors (Lipinski definition) is 2. The highest BCUT2D eigenvalue weighted by Crippen LogP contribution is 2.31.